The first-order chi connectivity index (χ1) is 8.20. The van der Waals surface area contributed by atoms with Crippen molar-refractivity contribution in [1.29, 1.82) is 0 Å². The van der Waals surface area contributed by atoms with Gasteiger partial charge in [-0.1, -0.05) is 19.8 Å². The average molecular weight is 252 g/mol. The van der Waals surface area contributed by atoms with Gasteiger partial charge in [-0.2, -0.15) is 0 Å². The normalized spacial score (nSPS) is 24.1. The van der Waals surface area contributed by atoms with Crippen LogP contribution in [-0.4, -0.2) is 11.9 Å². The van der Waals surface area contributed by atoms with Crippen LogP contribution in [0.1, 0.15) is 47.8 Å². The van der Waals surface area contributed by atoms with E-state index in [1.54, 1.807) is 11.3 Å². The van der Waals surface area contributed by atoms with Crippen LogP contribution in [0, 0.1) is 5.92 Å². The van der Waals surface area contributed by atoms with Crippen LogP contribution in [0.2, 0.25) is 0 Å². The first-order valence-electron chi connectivity index (χ1n) is 6.31. The molecule has 4 heteroatoms. The van der Waals surface area contributed by atoms with Gasteiger partial charge < -0.3 is 11.1 Å². The first-order valence-corrected chi connectivity index (χ1v) is 7.19. The van der Waals surface area contributed by atoms with Crippen molar-refractivity contribution >= 4 is 17.2 Å². The third-order valence-electron chi connectivity index (χ3n) is 3.66. The van der Waals surface area contributed by atoms with Crippen LogP contribution < -0.4 is 11.1 Å². The SMILES string of the molecule is CC[C@H]1CCC[C@H]1NCc1cc(C(N)=O)cs1. The van der Waals surface area contributed by atoms with Gasteiger partial charge in [-0.05, 0) is 24.8 Å². The summed E-state index contributed by atoms with van der Waals surface area (Å²) in [4.78, 5) is 12.2. The number of nitrogens with two attached hydrogens (primary N) is 1. The highest BCUT2D eigenvalue weighted by Crippen LogP contribution is 2.28. The molecular formula is C13H20N2OS. The summed E-state index contributed by atoms with van der Waals surface area (Å²) in [6.07, 6.45) is 5.24. The van der Waals surface area contributed by atoms with Gasteiger partial charge in [0.25, 0.3) is 0 Å². The zero-order valence-corrected chi connectivity index (χ0v) is 11.1. The summed E-state index contributed by atoms with van der Waals surface area (Å²) in [7, 11) is 0. The van der Waals surface area contributed by atoms with Crippen LogP contribution in [-0.2, 0) is 6.54 Å². The number of thiophene rings is 1. The van der Waals surface area contributed by atoms with Crippen molar-refractivity contribution in [2.75, 3.05) is 0 Å². The lowest BCUT2D eigenvalue weighted by atomic mass is 10.0. The van der Waals surface area contributed by atoms with E-state index in [1.165, 1.54) is 30.6 Å². The number of rotatable bonds is 5. The Kier molecular flexibility index (Phi) is 4.18. The van der Waals surface area contributed by atoms with Crippen molar-refractivity contribution in [3.63, 3.8) is 0 Å². The fraction of sp³-hybridized carbons (Fsp3) is 0.615. The number of primary amides is 1. The van der Waals surface area contributed by atoms with Crippen molar-refractivity contribution in [2.45, 2.75) is 45.2 Å². The van der Waals surface area contributed by atoms with Gasteiger partial charge in [0.1, 0.15) is 0 Å². The molecule has 2 atom stereocenters. The zero-order chi connectivity index (χ0) is 12.3. The fourth-order valence-corrected chi connectivity index (χ4v) is 3.45. The molecule has 0 bridgehead atoms. The Morgan fingerprint density at radius 2 is 2.41 bits per heavy atom. The van der Waals surface area contributed by atoms with Gasteiger partial charge in [0.05, 0.1) is 5.56 Å². The van der Waals surface area contributed by atoms with Crippen molar-refractivity contribution in [1.82, 2.24) is 5.32 Å². The lowest BCUT2D eigenvalue weighted by Gasteiger charge is -2.19. The molecule has 1 aromatic heterocycles. The second-order valence-electron chi connectivity index (χ2n) is 4.75. The van der Waals surface area contributed by atoms with Crippen LogP contribution >= 0.6 is 11.3 Å². The summed E-state index contributed by atoms with van der Waals surface area (Å²) in [6, 6.07) is 2.55. The molecule has 1 aromatic rings. The van der Waals surface area contributed by atoms with Gasteiger partial charge in [-0.3, -0.25) is 4.79 Å². The molecule has 3 nitrogen and oxygen atoms in total. The molecule has 0 spiro atoms. The Hall–Kier alpha value is -0.870. The summed E-state index contributed by atoms with van der Waals surface area (Å²) in [5, 5.41) is 5.45. The van der Waals surface area contributed by atoms with E-state index in [-0.39, 0.29) is 5.91 Å². The maximum Gasteiger partial charge on any atom is 0.249 e. The van der Waals surface area contributed by atoms with Crippen molar-refractivity contribution in [3.05, 3.63) is 21.9 Å². The van der Waals surface area contributed by atoms with Gasteiger partial charge in [-0.15, -0.1) is 11.3 Å². The Morgan fingerprint density at radius 1 is 1.59 bits per heavy atom. The van der Waals surface area contributed by atoms with Gasteiger partial charge in [-0.25, -0.2) is 0 Å². The standard InChI is InChI=1S/C13H20N2OS/c1-2-9-4-3-5-12(9)15-7-11-6-10(8-17-11)13(14)16/h6,8-9,12,15H,2-5,7H2,1H3,(H2,14,16)/t9-,12+/m0/s1. The van der Waals surface area contributed by atoms with E-state index in [1.807, 2.05) is 11.4 Å². The van der Waals surface area contributed by atoms with E-state index >= 15 is 0 Å². The Morgan fingerprint density at radius 3 is 3.06 bits per heavy atom. The van der Waals surface area contributed by atoms with E-state index < -0.39 is 0 Å². The van der Waals surface area contributed by atoms with E-state index in [2.05, 4.69) is 12.2 Å². The molecule has 94 valence electrons. The summed E-state index contributed by atoms with van der Waals surface area (Å²) in [5.74, 6) is 0.491. The smallest absolute Gasteiger partial charge is 0.249 e. The van der Waals surface area contributed by atoms with Crippen LogP contribution in [0.15, 0.2) is 11.4 Å². The number of carbonyl (C=O) groups excluding carboxylic acids is 1. The number of nitrogens with one attached hydrogen (secondary N) is 1. The highest BCUT2D eigenvalue weighted by Gasteiger charge is 2.25. The Bertz CT molecular complexity index is 389. The Labute approximate surface area is 106 Å². The van der Waals surface area contributed by atoms with Crippen LogP contribution in [0.5, 0.6) is 0 Å². The maximum atomic E-state index is 11.0. The topological polar surface area (TPSA) is 55.1 Å². The molecule has 1 amide bonds. The van der Waals surface area contributed by atoms with Crippen LogP contribution in [0.3, 0.4) is 0 Å². The molecule has 3 N–H and O–H groups in total. The molecule has 0 aliphatic heterocycles. The summed E-state index contributed by atoms with van der Waals surface area (Å²) >= 11 is 1.61. The molecule has 1 saturated carbocycles. The third-order valence-corrected chi connectivity index (χ3v) is 4.60. The number of amides is 1. The lowest BCUT2D eigenvalue weighted by molar-refractivity contribution is 0.100. The van der Waals surface area contributed by atoms with Gasteiger partial charge >= 0.3 is 0 Å². The zero-order valence-electron chi connectivity index (χ0n) is 10.2. The third kappa shape index (κ3) is 3.07. The molecule has 1 fully saturated rings. The molecule has 0 aromatic carbocycles. The molecule has 2 rings (SSSR count). The monoisotopic (exact) mass is 252 g/mol. The molecular weight excluding hydrogens is 232 g/mol. The average Bonchev–Trinajstić information content (AvgIpc) is 2.95. The minimum Gasteiger partial charge on any atom is -0.366 e. The van der Waals surface area contributed by atoms with E-state index in [0.717, 1.165) is 12.5 Å². The highest BCUT2D eigenvalue weighted by molar-refractivity contribution is 7.10. The summed E-state index contributed by atoms with van der Waals surface area (Å²) in [5.41, 5.74) is 5.87. The number of hydrogen-bond acceptors (Lipinski definition) is 3. The largest absolute Gasteiger partial charge is 0.366 e. The maximum absolute atomic E-state index is 11.0. The molecule has 0 unspecified atom stereocenters. The number of hydrogen-bond donors (Lipinski definition) is 2. The quantitative estimate of drug-likeness (QED) is 0.846. The predicted octanol–water partition coefficient (Wildman–Crippen LogP) is 2.52. The van der Waals surface area contributed by atoms with Crippen molar-refractivity contribution in [3.8, 4) is 0 Å². The van der Waals surface area contributed by atoms with E-state index in [4.69, 9.17) is 5.73 Å². The Balaban J connectivity index is 1.86. The molecule has 1 heterocycles. The molecule has 1 aliphatic carbocycles. The van der Waals surface area contributed by atoms with Gasteiger partial charge in [0.2, 0.25) is 5.91 Å². The summed E-state index contributed by atoms with van der Waals surface area (Å²) < 4.78 is 0. The second kappa shape index (κ2) is 5.65. The number of carbonyl (C=O) groups is 1. The minimum atomic E-state index is -0.334. The van der Waals surface area contributed by atoms with Crippen molar-refractivity contribution < 1.29 is 4.79 Å². The van der Waals surface area contributed by atoms with Gasteiger partial charge in [0.15, 0.2) is 0 Å². The predicted molar refractivity (Wildman–Crippen MR) is 71.1 cm³/mol. The van der Waals surface area contributed by atoms with E-state index in [9.17, 15) is 4.79 Å². The fourth-order valence-electron chi connectivity index (χ4n) is 2.63. The molecule has 0 saturated heterocycles. The molecule has 1 aliphatic rings. The van der Waals surface area contributed by atoms with Crippen LogP contribution in [0.4, 0.5) is 0 Å². The summed E-state index contributed by atoms with van der Waals surface area (Å²) in [6.45, 7) is 3.13. The second-order valence-corrected chi connectivity index (χ2v) is 5.75. The highest BCUT2D eigenvalue weighted by atomic mass is 32.1. The molecule has 0 radical (unpaired) electrons. The minimum absolute atomic E-state index is 0.334. The lowest BCUT2D eigenvalue weighted by Crippen LogP contribution is -2.31. The molecule has 17 heavy (non-hydrogen) atoms. The van der Waals surface area contributed by atoms with Gasteiger partial charge in [0, 0.05) is 22.8 Å². The van der Waals surface area contributed by atoms with Crippen molar-refractivity contribution in [2.24, 2.45) is 11.7 Å². The van der Waals surface area contributed by atoms with E-state index in [0.29, 0.717) is 11.6 Å². The first kappa shape index (κ1) is 12.6. The van der Waals surface area contributed by atoms with Crippen LogP contribution in [0.25, 0.3) is 0 Å².